The second kappa shape index (κ2) is 10.8. The summed E-state index contributed by atoms with van der Waals surface area (Å²) in [5, 5.41) is 2.86. The number of hydrogen-bond acceptors (Lipinski definition) is 4. The van der Waals surface area contributed by atoms with Gasteiger partial charge in [-0.3, -0.25) is 9.10 Å². The van der Waals surface area contributed by atoms with Crippen molar-refractivity contribution in [2.75, 3.05) is 10.8 Å². The van der Waals surface area contributed by atoms with Crippen LogP contribution in [-0.2, 0) is 23.1 Å². The highest BCUT2D eigenvalue weighted by molar-refractivity contribution is 7.92. The topological polar surface area (TPSA) is 84.3 Å². The average molecular weight is 475 g/mol. The largest absolute Gasteiger partial charge is 0.352 e. The van der Waals surface area contributed by atoms with Crippen LogP contribution in [-0.4, -0.2) is 30.4 Å². The van der Waals surface area contributed by atoms with Crippen LogP contribution in [0.3, 0.4) is 0 Å². The summed E-state index contributed by atoms with van der Waals surface area (Å²) in [6, 6.07) is 24.6. The number of aromatic nitrogens is 2. The maximum atomic E-state index is 13.7. The molecule has 1 N–H and O–H groups in total. The molecule has 0 spiro atoms. The minimum Gasteiger partial charge on any atom is -0.352 e. The van der Waals surface area contributed by atoms with Crippen molar-refractivity contribution >= 4 is 21.6 Å². The molecule has 0 aliphatic rings. The van der Waals surface area contributed by atoms with E-state index in [0.717, 1.165) is 18.5 Å². The van der Waals surface area contributed by atoms with E-state index in [2.05, 4.69) is 10.3 Å². The lowest BCUT2D eigenvalue weighted by atomic mass is 10.2. The number of benzene rings is 3. The average Bonchev–Trinajstić information content (AvgIpc) is 3.40. The number of aryl methyl sites for hydroxylation is 1. The van der Waals surface area contributed by atoms with Crippen LogP contribution in [0.25, 0.3) is 0 Å². The summed E-state index contributed by atoms with van der Waals surface area (Å²) in [4.78, 5) is 16.7. The van der Waals surface area contributed by atoms with E-state index in [1.165, 1.54) is 16.4 Å². The minimum absolute atomic E-state index is 0.0679. The summed E-state index contributed by atoms with van der Waals surface area (Å²) in [6.07, 6.45) is 6.04. The number of amides is 1. The molecule has 4 aromatic rings. The van der Waals surface area contributed by atoms with Crippen molar-refractivity contribution in [3.63, 3.8) is 0 Å². The van der Waals surface area contributed by atoms with Crippen LogP contribution in [0.15, 0.2) is 109 Å². The first-order valence-corrected chi connectivity index (χ1v) is 12.4. The fraction of sp³-hybridized carbons (Fsp3) is 0.154. The first-order valence-electron chi connectivity index (χ1n) is 11.0. The first-order chi connectivity index (χ1) is 16.5. The lowest BCUT2D eigenvalue weighted by molar-refractivity contribution is 0.0952. The molecular weight excluding hydrogens is 448 g/mol. The molecule has 7 nitrogen and oxygen atoms in total. The molecule has 0 aliphatic carbocycles. The van der Waals surface area contributed by atoms with Gasteiger partial charge in [-0.25, -0.2) is 13.4 Å². The molecule has 0 unspecified atom stereocenters. The van der Waals surface area contributed by atoms with Crippen LogP contribution in [0.1, 0.15) is 22.3 Å². The number of sulfonamides is 1. The van der Waals surface area contributed by atoms with Gasteiger partial charge < -0.3 is 9.88 Å². The summed E-state index contributed by atoms with van der Waals surface area (Å²) in [6.45, 7) is 1.39. The molecule has 0 fully saturated rings. The van der Waals surface area contributed by atoms with Gasteiger partial charge >= 0.3 is 0 Å². The van der Waals surface area contributed by atoms with Gasteiger partial charge in [-0.2, -0.15) is 0 Å². The Labute approximate surface area is 199 Å². The lowest BCUT2D eigenvalue weighted by Crippen LogP contribution is -2.31. The van der Waals surface area contributed by atoms with Crippen LogP contribution in [0.4, 0.5) is 5.69 Å². The molecule has 1 amide bonds. The second-order valence-electron chi connectivity index (χ2n) is 7.77. The monoisotopic (exact) mass is 474 g/mol. The van der Waals surface area contributed by atoms with Gasteiger partial charge in [-0.15, -0.1) is 0 Å². The van der Waals surface area contributed by atoms with Gasteiger partial charge in [0.15, 0.2) is 0 Å². The molecule has 174 valence electrons. The first kappa shape index (κ1) is 23.3. The number of rotatable bonds is 10. The molecule has 1 aromatic heterocycles. The highest BCUT2D eigenvalue weighted by Crippen LogP contribution is 2.26. The summed E-state index contributed by atoms with van der Waals surface area (Å²) < 4.78 is 30.7. The van der Waals surface area contributed by atoms with Gasteiger partial charge in [-0.1, -0.05) is 54.6 Å². The number of para-hydroxylation sites is 1. The van der Waals surface area contributed by atoms with Crippen LogP contribution in [0.5, 0.6) is 0 Å². The molecule has 34 heavy (non-hydrogen) atoms. The smallest absolute Gasteiger partial charge is 0.264 e. The minimum atomic E-state index is -3.92. The third kappa shape index (κ3) is 5.71. The Bertz CT molecular complexity index is 1310. The van der Waals surface area contributed by atoms with Crippen molar-refractivity contribution in [1.82, 2.24) is 14.9 Å². The lowest BCUT2D eigenvalue weighted by Gasteiger charge is -2.25. The standard InChI is InChI=1S/C26H26N4O3S/c31-26(28-15-8-17-29-18-16-27-21-29)23-11-7-14-25(19-23)34(32,33)30(24-12-5-2-6-13-24)20-22-9-3-1-4-10-22/h1-7,9-14,16,18-19,21H,8,15,17,20H2,(H,28,31). The number of carbonyl (C=O) groups is 1. The van der Waals surface area contributed by atoms with Crippen LogP contribution < -0.4 is 9.62 Å². The maximum absolute atomic E-state index is 13.7. The number of imidazole rings is 1. The van der Waals surface area contributed by atoms with E-state index in [1.807, 2.05) is 47.2 Å². The third-order valence-corrected chi connectivity index (χ3v) is 7.11. The van der Waals surface area contributed by atoms with Crippen molar-refractivity contribution in [3.8, 4) is 0 Å². The number of nitrogens with zero attached hydrogens (tertiary/aromatic N) is 3. The normalized spacial score (nSPS) is 11.2. The van der Waals surface area contributed by atoms with E-state index in [1.54, 1.807) is 48.9 Å². The van der Waals surface area contributed by atoms with E-state index in [4.69, 9.17) is 0 Å². The Morgan fingerprint density at radius 3 is 2.38 bits per heavy atom. The van der Waals surface area contributed by atoms with Crippen LogP contribution in [0, 0.1) is 0 Å². The Balaban J connectivity index is 1.52. The zero-order valence-electron chi connectivity index (χ0n) is 18.6. The molecule has 0 saturated carbocycles. The van der Waals surface area contributed by atoms with Crippen molar-refractivity contribution in [2.45, 2.75) is 24.4 Å². The van der Waals surface area contributed by atoms with Gasteiger partial charge in [0.2, 0.25) is 0 Å². The van der Waals surface area contributed by atoms with E-state index in [-0.39, 0.29) is 17.3 Å². The maximum Gasteiger partial charge on any atom is 0.264 e. The summed E-state index contributed by atoms with van der Waals surface area (Å²) in [5.41, 5.74) is 1.72. The Morgan fingerprint density at radius 2 is 1.68 bits per heavy atom. The van der Waals surface area contributed by atoms with Gasteiger partial charge in [0.25, 0.3) is 15.9 Å². The van der Waals surface area contributed by atoms with Crippen molar-refractivity contribution in [3.05, 3.63) is 115 Å². The number of hydrogen-bond donors (Lipinski definition) is 1. The van der Waals surface area contributed by atoms with Gasteiger partial charge in [0, 0.05) is 31.0 Å². The molecule has 0 radical (unpaired) electrons. The van der Waals surface area contributed by atoms with Gasteiger partial charge in [0.05, 0.1) is 23.5 Å². The van der Waals surface area contributed by atoms with Crippen molar-refractivity contribution in [1.29, 1.82) is 0 Å². The molecule has 3 aromatic carbocycles. The highest BCUT2D eigenvalue weighted by atomic mass is 32.2. The summed E-state index contributed by atoms with van der Waals surface area (Å²) in [5.74, 6) is -0.308. The predicted molar refractivity (Wildman–Crippen MR) is 132 cm³/mol. The summed E-state index contributed by atoms with van der Waals surface area (Å²) in [7, 11) is -3.92. The molecule has 4 rings (SSSR count). The third-order valence-electron chi connectivity index (χ3n) is 5.34. The van der Waals surface area contributed by atoms with Crippen molar-refractivity contribution < 1.29 is 13.2 Å². The zero-order chi connectivity index (χ0) is 23.8. The highest BCUT2D eigenvalue weighted by Gasteiger charge is 2.26. The van der Waals surface area contributed by atoms with Gasteiger partial charge in [0.1, 0.15) is 0 Å². The molecule has 1 heterocycles. The Kier molecular flexibility index (Phi) is 7.39. The van der Waals surface area contributed by atoms with Crippen LogP contribution >= 0.6 is 0 Å². The molecule has 0 atom stereocenters. The number of nitrogens with one attached hydrogen (secondary N) is 1. The van der Waals surface area contributed by atoms with Crippen molar-refractivity contribution in [2.24, 2.45) is 0 Å². The van der Waals surface area contributed by atoms with E-state index in [0.29, 0.717) is 17.8 Å². The summed E-state index contributed by atoms with van der Waals surface area (Å²) >= 11 is 0. The zero-order valence-corrected chi connectivity index (χ0v) is 19.4. The van der Waals surface area contributed by atoms with E-state index >= 15 is 0 Å². The predicted octanol–water partition coefficient (Wildman–Crippen LogP) is 4.10. The van der Waals surface area contributed by atoms with Crippen LogP contribution in [0.2, 0.25) is 0 Å². The van der Waals surface area contributed by atoms with E-state index in [9.17, 15) is 13.2 Å². The Hall–Kier alpha value is -3.91. The number of carbonyl (C=O) groups excluding carboxylic acids is 1. The second-order valence-corrected chi connectivity index (χ2v) is 9.63. The molecule has 0 saturated heterocycles. The molecule has 8 heteroatoms. The molecular formula is C26H26N4O3S. The fourth-order valence-corrected chi connectivity index (χ4v) is 5.07. The SMILES string of the molecule is O=C(NCCCn1ccnc1)c1cccc(S(=O)(=O)N(Cc2ccccc2)c2ccccc2)c1. The fourth-order valence-electron chi connectivity index (χ4n) is 3.57. The van der Waals surface area contributed by atoms with Gasteiger partial charge in [-0.05, 0) is 42.3 Å². The van der Waals surface area contributed by atoms with E-state index < -0.39 is 10.0 Å². The quantitative estimate of drug-likeness (QED) is 0.351. The molecule has 0 bridgehead atoms. The Morgan fingerprint density at radius 1 is 0.941 bits per heavy atom. The molecule has 0 aliphatic heterocycles. The number of anilines is 1.